The van der Waals surface area contributed by atoms with Crippen LogP contribution >= 0.6 is 34.5 Å². The van der Waals surface area contributed by atoms with E-state index in [2.05, 4.69) is 10.1 Å². The summed E-state index contributed by atoms with van der Waals surface area (Å²) in [5.74, 6) is 1.19. The van der Waals surface area contributed by atoms with Crippen molar-refractivity contribution in [3.8, 4) is 22.8 Å². The molecule has 154 valence electrons. The highest BCUT2D eigenvalue weighted by molar-refractivity contribution is 7.19. The molecule has 0 saturated carbocycles. The van der Waals surface area contributed by atoms with Crippen molar-refractivity contribution in [1.82, 2.24) is 14.8 Å². The summed E-state index contributed by atoms with van der Waals surface area (Å²) in [5.41, 5.74) is 2.38. The fraction of sp³-hybridized carbons (Fsp3) is 0.190. The molecule has 0 saturated heterocycles. The topological polar surface area (TPSA) is 66.2 Å². The van der Waals surface area contributed by atoms with Gasteiger partial charge in [-0.2, -0.15) is 5.10 Å². The van der Waals surface area contributed by atoms with Gasteiger partial charge in [0.05, 0.1) is 40.5 Å². The SMILES string of the molecule is COc1ccc(-c2nn(Cc3ccc(Cl)c(Cl)c3)c(=O)c3nc(C)sc23)cc1OC. The summed E-state index contributed by atoms with van der Waals surface area (Å²) in [6.07, 6.45) is 0. The van der Waals surface area contributed by atoms with E-state index in [1.807, 2.05) is 31.2 Å². The average Bonchev–Trinajstić information content (AvgIpc) is 3.14. The summed E-state index contributed by atoms with van der Waals surface area (Å²) >= 11 is 13.6. The van der Waals surface area contributed by atoms with Gasteiger partial charge in [0.2, 0.25) is 0 Å². The maximum atomic E-state index is 13.0. The highest BCUT2D eigenvalue weighted by Crippen LogP contribution is 2.35. The molecule has 0 radical (unpaired) electrons. The van der Waals surface area contributed by atoms with Crippen LogP contribution in [0.4, 0.5) is 0 Å². The summed E-state index contributed by atoms with van der Waals surface area (Å²) in [7, 11) is 3.16. The highest BCUT2D eigenvalue weighted by atomic mass is 35.5. The smallest absolute Gasteiger partial charge is 0.294 e. The second kappa shape index (κ2) is 8.26. The summed E-state index contributed by atoms with van der Waals surface area (Å²) < 4.78 is 12.9. The molecule has 2 heterocycles. The quantitative estimate of drug-likeness (QED) is 0.408. The number of rotatable bonds is 5. The Labute approximate surface area is 186 Å². The minimum absolute atomic E-state index is 0.239. The van der Waals surface area contributed by atoms with Crippen LogP contribution in [0.25, 0.3) is 21.5 Å². The maximum Gasteiger partial charge on any atom is 0.294 e. The van der Waals surface area contributed by atoms with E-state index in [1.165, 1.54) is 16.0 Å². The molecule has 0 aliphatic heterocycles. The second-order valence-corrected chi connectivity index (χ2v) is 8.56. The van der Waals surface area contributed by atoms with E-state index < -0.39 is 0 Å². The molecule has 4 rings (SSSR count). The molecule has 0 unspecified atom stereocenters. The van der Waals surface area contributed by atoms with Gasteiger partial charge in [0.25, 0.3) is 5.56 Å². The third kappa shape index (κ3) is 3.76. The summed E-state index contributed by atoms with van der Waals surface area (Å²) in [4.78, 5) is 17.5. The molecule has 30 heavy (non-hydrogen) atoms. The lowest BCUT2D eigenvalue weighted by Crippen LogP contribution is -2.24. The number of aromatic nitrogens is 3. The van der Waals surface area contributed by atoms with E-state index in [-0.39, 0.29) is 12.1 Å². The monoisotopic (exact) mass is 461 g/mol. The number of ether oxygens (including phenoxy) is 2. The first kappa shape index (κ1) is 20.7. The number of fused-ring (bicyclic) bond motifs is 1. The van der Waals surface area contributed by atoms with Crippen LogP contribution in [0, 0.1) is 6.92 Å². The van der Waals surface area contributed by atoms with Crippen molar-refractivity contribution in [1.29, 1.82) is 0 Å². The first-order chi connectivity index (χ1) is 14.4. The fourth-order valence-corrected chi connectivity index (χ4v) is 4.39. The first-order valence-electron chi connectivity index (χ1n) is 8.96. The number of methoxy groups -OCH3 is 2. The molecule has 0 aliphatic carbocycles. The normalized spacial score (nSPS) is 11.1. The molecule has 0 atom stereocenters. The van der Waals surface area contributed by atoms with Crippen molar-refractivity contribution in [2.75, 3.05) is 14.2 Å². The molecule has 0 fully saturated rings. The number of halogens is 2. The Bertz CT molecular complexity index is 1320. The molecule has 4 aromatic rings. The Kier molecular flexibility index (Phi) is 5.69. The molecule has 0 N–H and O–H groups in total. The molecule has 0 bridgehead atoms. The fourth-order valence-electron chi connectivity index (χ4n) is 3.16. The van der Waals surface area contributed by atoms with Gasteiger partial charge in [-0.3, -0.25) is 4.79 Å². The van der Waals surface area contributed by atoms with Gasteiger partial charge in [0.1, 0.15) is 5.69 Å². The van der Waals surface area contributed by atoms with Gasteiger partial charge >= 0.3 is 0 Å². The van der Waals surface area contributed by atoms with E-state index >= 15 is 0 Å². The lowest BCUT2D eigenvalue weighted by Gasteiger charge is -2.12. The summed E-state index contributed by atoms with van der Waals surface area (Å²) in [5, 5.41) is 6.33. The standard InChI is InChI=1S/C21H17Cl2N3O3S/c1-11-24-19-20(30-11)18(13-5-7-16(28-2)17(9-13)29-3)25-26(21(19)27)10-12-4-6-14(22)15(23)8-12/h4-9H,10H2,1-3H3. The van der Waals surface area contributed by atoms with Crippen molar-refractivity contribution in [3.63, 3.8) is 0 Å². The van der Waals surface area contributed by atoms with E-state index in [0.717, 1.165) is 20.8 Å². The van der Waals surface area contributed by atoms with Gasteiger partial charge in [0.15, 0.2) is 17.0 Å². The molecule has 9 heteroatoms. The van der Waals surface area contributed by atoms with Crippen LogP contribution in [0.2, 0.25) is 10.0 Å². The van der Waals surface area contributed by atoms with Gasteiger partial charge in [-0.15, -0.1) is 11.3 Å². The van der Waals surface area contributed by atoms with Crippen LogP contribution in [0.5, 0.6) is 11.5 Å². The van der Waals surface area contributed by atoms with Gasteiger partial charge in [-0.05, 0) is 42.8 Å². The highest BCUT2D eigenvalue weighted by Gasteiger charge is 2.18. The maximum absolute atomic E-state index is 13.0. The van der Waals surface area contributed by atoms with Crippen LogP contribution in [-0.2, 0) is 6.54 Å². The van der Waals surface area contributed by atoms with Crippen molar-refractivity contribution < 1.29 is 9.47 Å². The van der Waals surface area contributed by atoms with Crippen LogP contribution in [0.3, 0.4) is 0 Å². The zero-order valence-corrected chi connectivity index (χ0v) is 18.7. The van der Waals surface area contributed by atoms with Gasteiger partial charge < -0.3 is 9.47 Å². The molecule has 0 amide bonds. The lowest BCUT2D eigenvalue weighted by atomic mass is 10.1. The summed E-state index contributed by atoms with van der Waals surface area (Å²) in [6.45, 7) is 2.11. The minimum atomic E-state index is -0.260. The molecular formula is C21H17Cl2N3O3S. The predicted octanol–water partition coefficient (Wildman–Crippen LogP) is 5.20. The number of nitrogens with zero attached hydrogens (tertiary/aromatic N) is 3. The van der Waals surface area contributed by atoms with Crippen LogP contribution in [0.1, 0.15) is 10.6 Å². The Morgan fingerprint density at radius 3 is 2.50 bits per heavy atom. The Morgan fingerprint density at radius 2 is 1.80 bits per heavy atom. The third-order valence-corrected chi connectivity index (χ3v) is 6.30. The average molecular weight is 462 g/mol. The van der Waals surface area contributed by atoms with Crippen LogP contribution in [0.15, 0.2) is 41.2 Å². The van der Waals surface area contributed by atoms with Crippen LogP contribution in [-0.4, -0.2) is 29.0 Å². The van der Waals surface area contributed by atoms with E-state index in [9.17, 15) is 4.79 Å². The number of benzene rings is 2. The van der Waals surface area contributed by atoms with Crippen molar-refractivity contribution in [3.05, 3.63) is 67.4 Å². The van der Waals surface area contributed by atoms with Crippen molar-refractivity contribution in [2.45, 2.75) is 13.5 Å². The predicted molar refractivity (Wildman–Crippen MR) is 121 cm³/mol. The number of hydrogen-bond donors (Lipinski definition) is 0. The molecule has 2 aromatic carbocycles. The number of thiazole rings is 1. The van der Waals surface area contributed by atoms with Gasteiger partial charge in [-0.25, -0.2) is 9.67 Å². The molecule has 0 aliphatic rings. The zero-order valence-electron chi connectivity index (χ0n) is 16.4. The first-order valence-corrected chi connectivity index (χ1v) is 10.5. The van der Waals surface area contributed by atoms with Crippen LogP contribution < -0.4 is 15.0 Å². The zero-order chi connectivity index (χ0) is 21.4. The Balaban J connectivity index is 1.90. The van der Waals surface area contributed by atoms with E-state index in [4.69, 9.17) is 32.7 Å². The molecular weight excluding hydrogens is 445 g/mol. The Morgan fingerprint density at radius 1 is 1.03 bits per heavy atom. The molecule has 2 aromatic heterocycles. The lowest BCUT2D eigenvalue weighted by molar-refractivity contribution is 0.355. The van der Waals surface area contributed by atoms with Crippen molar-refractivity contribution >= 4 is 44.8 Å². The van der Waals surface area contributed by atoms with E-state index in [1.54, 1.807) is 26.4 Å². The van der Waals surface area contributed by atoms with Crippen molar-refractivity contribution in [2.24, 2.45) is 0 Å². The van der Waals surface area contributed by atoms with Gasteiger partial charge in [0, 0.05) is 5.56 Å². The summed E-state index contributed by atoms with van der Waals surface area (Å²) in [6, 6.07) is 10.8. The van der Waals surface area contributed by atoms with Gasteiger partial charge in [-0.1, -0.05) is 29.3 Å². The molecule has 6 nitrogen and oxygen atoms in total. The molecule has 0 spiro atoms. The minimum Gasteiger partial charge on any atom is -0.493 e. The Hall–Kier alpha value is -2.61. The largest absolute Gasteiger partial charge is 0.493 e. The number of hydrogen-bond acceptors (Lipinski definition) is 6. The van der Waals surface area contributed by atoms with E-state index in [0.29, 0.717) is 32.8 Å². The number of aryl methyl sites for hydroxylation is 1. The third-order valence-electron chi connectivity index (χ3n) is 4.58. The second-order valence-electron chi connectivity index (χ2n) is 6.54.